The molecule has 172 valence electrons. The highest BCUT2D eigenvalue weighted by Gasteiger charge is 2.43. The number of hydrogen-bond donors (Lipinski definition) is 0. The smallest absolute Gasteiger partial charge is 0.300 e. The third-order valence-corrected chi connectivity index (χ3v) is 8.97. The summed E-state index contributed by atoms with van der Waals surface area (Å²) in [7, 11) is -2.07. The number of rotatable bonds is 4. The van der Waals surface area contributed by atoms with Gasteiger partial charge in [0.2, 0.25) is 10.0 Å². The Morgan fingerprint density at radius 3 is 2.23 bits per heavy atom. The fourth-order valence-electron chi connectivity index (χ4n) is 4.57. The quantitative estimate of drug-likeness (QED) is 0.584. The summed E-state index contributed by atoms with van der Waals surface area (Å²) >= 11 is 6.10. The summed E-state index contributed by atoms with van der Waals surface area (Å²) < 4.78 is 66.5. The summed E-state index contributed by atoms with van der Waals surface area (Å²) in [6.07, 6.45) is -1.69. The van der Waals surface area contributed by atoms with Crippen molar-refractivity contribution in [1.29, 1.82) is 0 Å². The highest BCUT2D eigenvalue weighted by molar-refractivity contribution is 7.89. The van der Waals surface area contributed by atoms with Gasteiger partial charge in [-0.25, -0.2) is 8.42 Å². The molecule has 10 heteroatoms. The third-order valence-electron chi connectivity index (χ3n) is 6.51. The molecule has 0 aromatic heterocycles. The van der Waals surface area contributed by atoms with E-state index < -0.39 is 22.1 Å². The number of benzene rings is 1. The molecule has 1 heterocycles. The van der Waals surface area contributed by atoms with Crippen LogP contribution in [0.1, 0.15) is 43.2 Å². The normalized spacial score (nSPS) is 24.3. The molecule has 0 unspecified atom stereocenters. The summed E-state index contributed by atoms with van der Waals surface area (Å²) in [6.45, 7) is 4.35. The van der Waals surface area contributed by atoms with Crippen LogP contribution in [0.5, 0.6) is 0 Å². The van der Waals surface area contributed by atoms with Gasteiger partial charge >= 0.3 is 6.18 Å². The molecule has 3 rings (SSSR count). The highest BCUT2D eigenvalue weighted by atomic mass is 35.5. The van der Waals surface area contributed by atoms with Crippen LogP contribution in [0.15, 0.2) is 17.0 Å². The van der Waals surface area contributed by atoms with Crippen LogP contribution in [0, 0.1) is 19.8 Å². The molecular weight excluding hydrogens is 460 g/mol. The Labute approximate surface area is 188 Å². The fraction of sp³-hybridized carbons (Fsp3) is 0.700. The van der Waals surface area contributed by atoms with E-state index in [1.54, 1.807) is 33.0 Å². The van der Waals surface area contributed by atoms with Crippen LogP contribution < -0.4 is 0 Å². The molecule has 0 bridgehead atoms. The molecule has 0 spiro atoms. The summed E-state index contributed by atoms with van der Waals surface area (Å²) in [5.74, 6) is -1.21. The average Bonchev–Trinajstić information content (AvgIpc) is 3.13. The molecule has 30 heavy (non-hydrogen) atoms. The van der Waals surface area contributed by atoms with Gasteiger partial charge in [0.25, 0.3) is 0 Å². The van der Waals surface area contributed by atoms with Gasteiger partial charge in [-0.1, -0.05) is 11.6 Å². The van der Waals surface area contributed by atoms with Gasteiger partial charge in [0.1, 0.15) is 0 Å². The van der Waals surface area contributed by atoms with E-state index in [1.165, 1.54) is 4.31 Å². The minimum atomic E-state index is -4.12. The Bertz CT molecular complexity index is 856. The lowest BCUT2D eigenvalue weighted by molar-refractivity contribution is -0.186. The molecule has 1 saturated heterocycles. The van der Waals surface area contributed by atoms with Gasteiger partial charge in [-0.2, -0.15) is 17.5 Å². The lowest BCUT2D eigenvalue weighted by Crippen LogP contribution is -2.44. The molecule has 0 amide bonds. The Balaban J connectivity index is 0.00000320. The van der Waals surface area contributed by atoms with Gasteiger partial charge in [-0.15, -0.1) is 12.4 Å². The van der Waals surface area contributed by atoms with Crippen molar-refractivity contribution in [3.63, 3.8) is 0 Å². The first-order valence-corrected chi connectivity index (χ1v) is 11.8. The molecule has 1 aromatic carbocycles. The van der Waals surface area contributed by atoms with Crippen molar-refractivity contribution in [2.24, 2.45) is 5.92 Å². The average molecular weight is 489 g/mol. The molecule has 1 saturated carbocycles. The minimum absolute atomic E-state index is 0. The van der Waals surface area contributed by atoms with Crippen LogP contribution in [-0.4, -0.2) is 56.0 Å². The fourth-order valence-corrected chi connectivity index (χ4v) is 6.48. The van der Waals surface area contributed by atoms with Crippen molar-refractivity contribution < 1.29 is 21.6 Å². The number of aryl methyl sites for hydroxylation is 2. The van der Waals surface area contributed by atoms with Crippen LogP contribution in [0.2, 0.25) is 5.02 Å². The van der Waals surface area contributed by atoms with Crippen molar-refractivity contribution in [2.75, 3.05) is 20.1 Å². The maximum absolute atomic E-state index is 13.2. The molecule has 2 fully saturated rings. The van der Waals surface area contributed by atoms with E-state index in [0.29, 0.717) is 42.1 Å². The van der Waals surface area contributed by atoms with Gasteiger partial charge in [0.05, 0.1) is 10.8 Å². The second-order valence-corrected chi connectivity index (χ2v) is 10.7. The summed E-state index contributed by atoms with van der Waals surface area (Å²) in [6, 6.07) is 3.26. The Hall–Kier alpha value is -0.540. The summed E-state index contributed by atoms with van der Waals surface area (Å²) in [4.78, 5) is 2.37. The molecule has 2 atom stereocenters. The van der Waals surface area contributed by atoms with Gasteiger partial charge in [-0.05, 0) is 82.3 Å². The van der Waals surface area contributed by atoms with Crippen molar-refractivity contribution in [3.05, 3.63) is 28.3 Å². The van der Waals surface area contributed by atoms with Crippen LogP contribution >= 0.6 is 24.0 Å². The molecule has 0 N–H and O–H groups in total. The summed E-state index contributed by atoms with van der Waals surface area (Å²) in [5, 5.41) is 0.535. The Morgan fingerprint density at radius 2 is 1.67 bits per heavy atom. The molecule has 0 radical (unpaired) electrons. The Morgan fingerprint density at radius 1 is 1.07 bits per heavy atom. The number of sulfonamides is 1. The number of nitrogens with zero attached hydrogens (tertiary/aromatic N) is 2. The highest BCUT2D eigenvalue weighted by Crippen LogP contribution is 2.38. The molecule has 1 aliphatic heterocycles. The van der Waals surface area contributed by atoms with E-state index in [4.69, 9.17) is 11.6 Å². The first kappa shape index (κ1) is 25.7. The second kappa shape index (κ2) is 9.53. The molecule has 1 aromatic rings. The van der Waals surface area contributed by atoms with Gasteiger partial charge < -0.3 is 4.90 Å². The zero-order chi connectivity index (χ0) is 21.6. The van der Waals surface area contributed by atoms with Gasteiger partial charge in [0, 0.05) is 24.2 Å². The molecular formula is C20H29Cl2F3N2O2S. The zero-order valence-electron chi connectivity index (χ0n) is 17.4. The van der Waals surface area contributed by atoms with Crippen molar-refractivity contribution in [3.8, 4) is 0 Å². The predicted molar refractivity (Wildman–Crippen MR) is 115 cm³/mol. The van der Waals surface area contributed by atoms with Gasteiger partial charge in [-0.3, -0.25) is 0 Å². The van der Waals surface area contributed by atoms with E-state index in [9.17, 15) is 21.6 Å². The minimum Gasteiger partial charge on any atom is -0.300 e. The SMILES string of the molecule is Cc1cc(S(=O)(=O)N(C)[C@@H]2CC[C@H](N3CCC(C(F)(F)F)CC3)C2)c(C)cc1Cl.Cl. The second-order valence-electron chi connectivity index (χ2n) is 8.36. The molecule has 4 nitrogen and oxygen atoms in total. The topological polar surface area (TPSA) is 40.6 Å². The van der Waals surface area contributed by atoms with E-state index in [2.05, 4.69) is 4.90 Å². The number of hydrogen-bond acceptors (Lipinski definition) is 3. The number of likely N-dealkylation sites (tertiary alicyclic amines) is 1. The number of piperidine rings is 1. The lowest BCUT2D eigenvalue weighted by atomic mass is 9.95. The van der Waals surface area contributed by atoms with Crippen molar-refractivity contribution in [1.82, 2.24) is 9.21 Å². The van der Waals surface area contributed by atoms with Gasteiger partial charge in [0.15, 0.2) is 0 Å². The monoisotopic (exact) mass is 488 g/mol. The first-order valence-electron chi connectivity index (χ1n) is 9.96. The standard InChI is InChI=1S/C20H28ClF3N2O2S.ClH/c1-13-11-19(14(2)10-18(13)21)29(27,28)25(3)16-4-5-17(12-16)26-8-6-15(7-9-26)20(22,23)24;/h10-11,15-17H,4-9,12H2,1-3H3;1H/t16-,17+;/m1./s1. The van der Waals surface area contributed by atoms with Crippen LogP contribution in [0.4, 0.5) is 13.2 Å². The lowest BCUT2D eigenvalue weighted by Gasteiger charge is -2.37. The number of alkyl halides is 3. The van der Waals surface area contributed by atoms with E-state index in [0.717, 1.165) is 6.42 Å². The maximum atomic E-state index is 13.2. The van der Waals surface area contributed by atoms with E-state index >= 15 is 0 Å². The van der Waals surface area contributed by atoms with Crippen molar-refractivity contribution >= 4 is 34.0 Å². The third kappa shape index (κ3) is 5.26. The molecule has 1 aliphatic carbocycles. The van der Waals surface area contributed by atoms with Crippen molar-refractivity contribution in [2.45, 2.75) is 69.1 Å². The zero-order valence-corrected chi connectivity index (χ0v) is 19.8. The largest absolute Gasteiger partial charge is 0.391 e. The van der Waals surface area contributed by atoms with Crippen LogP contribution in [0.25, 0.3) is 0 Å². The Kier molecular flexibility index (Phi) is 8.17. The van der Waals surface area contributed by atoms with E-state index in [-0.39, 0.29) is 42.2 Å². The maximum Gasteiger partial charge on any atom is 0.391 e. The van der Waals surface area contributed by atoms with Crippen LogP contribution in [-0.2, 0) is 10.0 Å². The number of halogens is 5. The molecule has 2 aliphatic rings. The summed E-state index contributed by atoms with van der Waals surface area (Å²) in [5.41, 5.74) is 1.32. The van der Waals surface area contributed by atoms with E-state index in [1.807, 2.05) is 0 Å². The van der Waals surface area contributed by atoms with Crippen LogP contribution in [0.3, 0.4) is 0 Å². The first-order chi connectivity index (χ1) is 13.4. The predicted octanol–water partition coefficient (Wildman–Crippen LogP) is 5.19.